The molecule has 0 bridgehead atoms. The van der Waals surface area contributed by atoms with Gasteiger partial charge in [0.15, 0.2) is 5.65 Å². The van der Waals surface area contributed by atoms with Crippen LogP contribution in [0, 0.1) is 6.92 Å². The van der Waals surface area contributed by atoms with Gasteiger partial charge in [-0.25, -0.2) is 15.0 Å². The van der Waals surface area contributed by atoms with E-state index in [2.05, 4.69) is 20.2 Å². The third kappa shape index (κ3) is 3.02. The van der Waals surface area contributed by atoms with Gasteiger partial charge in [-0.2, -0.15) is 0 Å². The highest BCUT2D eigenvalue weighted by Crippen LogP contribution is 2.37. The van der Waals surface area contributed by atoms with E-state index in [1.54, 1.807) is 12.5 Å². The molecule has 0 aliphatic heterocycles. The van der Waals surface area contributed by atoms with Gasteiger partial charge in [-0.3, -0.25) is 4.40 Å². The van der Waals surface area contributed by atoms with E-state index in [0.29, 0.717) is 22.0 Å². The van der Waals surface area contributed by atoms with E-state index in [1.165, 1.54) is 0 Å². The Kier molecular flexibility index (Phi) is 4.78. The van der Waals surface area contributed by atoms with Crippen molar-refractivity contribution in [1.82, 2.24) is 24.7 Å². The number of halogens is 1. The summed E-state index contributed by atoms with van der Waals surface area (Å²) in [5, 5.41) is 3.84. The van der Waals surface area contributed by atoms with Crippen LogP contribution in [-0.2, 0) is 0 Å². The largest absolute Gasteiger partial charge is 0.382 e. The fourth-order valence-corrected chi connectivity index (χ4v) is 3.70. The number of aromatic nitrogens is 4. The second-order valence-corrected chi connectivity index (χ2v) is 7.21. The lowest BCUT2D eigenvalue weighted by atomic mass is 10.00. The predicted octanol–water partition coefficient (Wildman–Crippen LogP) is 3.14. The zero-order valence-electron chi connectivity index (χ0n) is 16.1. The highest BCUT2D eigenvalue weighted by atomic mass is 35.5. The molecule has 1 aromatic carbocycles. The zero-order chi connectivity index (χ0) is 19.8. The van der Waals surface area contributed by atoms with Crippen LogP contribution in [0.15, 0.2) is 36.8 Å². The summed E-state index contributed by atoms with van der Waals surface area (Å²) in [6.07, 6.45) is 3.41. The maximum atomic E-state index is 6.59. The van der Waals surface area contributed by atoms with Crippen molar-refractivity contribution < 1.29 is 0 Å². The van der Waals surface area contributed by atoms with Crippen molar-refractivity contribution in [3.8, 4) is 11.1 Å². The average molecular weight is 396 g/mol. The molecule has 0 aliphatic rings. The zero-order valence-corrected chi connectivity index (χ0v) is 16.8. The Morgan fingerprint density at radius 1 is 1.29 bits per heavy atom. The van der Waals surface area contributed by atoms with E-state index >= 15 is 0 Å². The van der Waals surface area contributed by atoms with Gasteiger partial charge in [0, 0.05) is 36.3 Å². The van der Waals surface area contributed by atoms with Crippen molar-refractivity contribution in [2.45, 2.75) is 6.92 Å². The molecule has 0 fully saturated rings. The molecule has 3 heterocycles. The minimum absolute atomic E-state index is 0.411. The fraction of sp³-hybridized carbons (Fsp3) is 0.250. The van der Waals surface area contributed by atoms with Crippen LogP contribution >= 0.6 is 11.6 Å². The van der Waals surface area contributed by atoms with E-state index in [4.69, 9.17) is 22.3 Å². The molecule has 0 saturated carbocycles. The Morgan fingerprint density at radius 3 is 2.86 bits per heavy atom. The topological polar surface area (TPSA) is 84.4 Å². The summed E-state index contributed by atoms with van der Waals surface area (Å²) in [7, 11) is 3.95. The number of imidazole rings is 1. The number of fused-ring (bicyclic) bond motifs is 3. The number of likely N-dealkylation sites (N-methyl/N-ethyl adjacent to an activating group) is 2. The minimum Gasteiger partial charge on any atom is -0.382 e. The van der Waals surface area contributed by atoms with Crippen molar-refractivity contribution in [2.75, 3.05) is 37.8 Å². The molecule has 7 nitrogen and oxygen atoms in total. The predicted molar refractivity (Wildman–Crippen MR) is 115 cm³/mol. The lowest BCUT2D eigenvalue weighted by Gasteiger charge is -2.21. The Morgan fingerprint density at radius 2 is 2.11 bits per heavy atom. The van der Waals surface area contributed by atoms with Gasteiger partial charge in [-0.1, -0.05) is 23.7 Å². The number of aryl methyl sites for hydroxylation is 1. The summed E-state index contributed by atoms with van der Waals surface area (Å²) in [5.74, 6) is 1.24. The van der Waals surface area contributed by atoms with Gasteiger partial charge >= 0.3 is 0 Å². The summed E-state index contributed by atoms with van der Waals surface area (Å²) < 4.78 is 1.88. The first-order valence-corrected chi connectivity index (χ1v) is 9.42. The smallest absolute Gasteiger partial charge is 0.167 e. The van der Waals surface area contributed by atoms with E-state index in [1.807, 2.05) is 49.7 Å². The number of hydrogen-bond acceptors (Lipinski definition) is 6. The molecule has 0 unspecified atom stereocenters. The molecule has 3 N–H and O–H groups in total. The SMILES string of the molecule is CNCCN(C)c1cc(-c2c(C)cccc2Cl)c2nc(N)c3cncn3c2n1. The molecule has 4 aromatic rings. The first-order valence-electron chi connectivity index (χ1n) is 9.04. The Balaban J connectivity index is 2.08. The monoisotopic (exact) mass is 395 g/mol. The molecule has 28 heavy (non-hydrogen) atoms. The number of hydrogen-bond donors (Lipinski definition) is 2. The molecule has 0 atom stereocenters. The normalized spacial score (nSPS) is 11.4. The van der Waals surface area contributed by atoms with Crippen LogP contribution in [-0.4, -0.2) is 46.5 Å². The third-order valence-electron chi connectivity index (χ3n) is 4.90. The summed E-state index contributed by atoms with van der Waals surface area (Å²) in [6.45, 7) is 3.69. The Bertz CT molecular complexity index is 1150. The maximum absolute atomic E-state index is 6.59. The van der Waals surface area contributed by atoms with Gasteiger partial charge in [-0.15, -0.1) is 0 Å². The molecule has 0 amide bonds. The summed E-state index contributed by atoms with van der Waals surface area (Å²) in [4.78, 5) is 15.9. The third-order valence-corrected chi connectivity index (χ3v) is 5.22. The number of nitrogens with one attached hydrogen (secondary N) is 1. The molecule has 0 aliphatic carbocycles. The summed E-state index contributed by atoms with van der Waals surface area (Å²) in [6, 6.07) is 7.90. The van der Waals surface area contributed by atoms with Crippen LogP contribution in [0.5, 0.6) is 0 Å². The summed E-state index contributed by atoms with van der Waals surface area (Å²) >= 11 is 6.59. The fourth-order valence-electron chi connectivity index (χ4n) is 3.37. The summed E-state index contributed by atoms with van der Waals surface area (Å²) in [5.41, 5.74) is 11.2. The van der Waals surface area contributed by atoms with Crippen LogP contribution < -0.4 is 16.0 Å². The van der Waals surface area contributed by atoms with Crippen LogP contribution in [0.25, 0.3) is 27.8 Å². The molecule has 0 radical (unpaired) electrons. The van der Waals surface area contributed by atoms with Gasteiger partial charge in [0.1, 0.15) is 29.0 Å². The number of nitrogens with zero attached hydrogens (tertiary/aromatic N) is 5. The maximum Gasteiger partial charge on any atom is 0.167 e. The van der Waals surface area contributed by atoms with Crippen molar-refractivity contribution in [3.63, 3.8) is 0 Å². The second-order valence-electron chi connectivity index (χ2n) is 6.80. The van der Waals surface area contributed by atoms with E-state index in [9.17, 15) is 0 Å². The van der Waals surface area contributed by atoms with Crippen LogP contribution in [0.2, 0.25) is 5.02 Å². The van der Waals surface area contributed by atoms with Gasteiger partial charge < -0.3 is 16.0 Å². The van der Waals surface area contributed by atoms with E-state index < -0.39 is 0 Å². The van der Waals surface area contributed by atoms with Crippen molar-refractivity contribution in [1.29, 1.82) is 0 Å². The molecular formula is C20H22ClN7. The van der Waals surface area contributed by atoms with Gasteiger partial charge in [0.25, 0.3) is 0 Å². The Hall–Kier alpha value is -2.90. The minimum atomic E-state index is 0.411. The molecule has 144 valence electrons. The quantitative estimate of drug-likeness (QED) is 0.540. The molecule has 3 aromatic heterocycles. The van der Waals surface area contributed by atoms with Gasteiger partial charge in [0.2, 0.25) is 0 Å². The number of nitrogen functional groups attached to an aromatic ring is 1. The number of rotatable bonds is 5. The van der Waals surface area contributed by atoms with Crippen molar-refractivity contribution >= 4 is 39.9 Å². The lowest BCUT2D eigenvalue weighted by molar-refractivity contribution is 0.762. The van der Waals surface area contributed by atoms with Crippen LogP contribution in [0.4, 0.5) is 11.6 Å². The first-order chi connectivity index (χ1) is 13.5. The molecule has 0 saturated heterocycles. The number of pyridine rings is 1. The van der Waals surface area contributed by atoms with Gasteiger partial charge in [0.05, 0.1) is 6.20 Å². The number of benzene rings is 1. The average Bonchev–Trinajstić information content (AvgIpc) is 3.17. The van der Waals surface area contributed by atoms with Crippen LogP contribution in [0.3, 0.4) is 0 Å². The molecular weight excluding hydrogens is 374 g/mol. The van der Waals surface area contributed by atoms with E-state index in [-0.39, 0.29) is 0 Å². The van der Waals surface area contributed by atoms with Crippen LogP contribution in [0.1, 0.15) is 5.56 Å². The Labute approximate surface area is 168 Å². The molecule has 0 spiro atoms. The molecule has 8 heteroatoms. The van der Waals surface area contributed by atoms with Crippen molar-refractivity contribution in [2.24, 2.45) is 0 Å². The molecule has 4 rings (SSSR count). The lowest BCUT2D eigenvalue weighted by Crippen LogP contribution is -2.27. The second kappa shape index (κ2) is 7.26. The number of nitrogens with two attached hydrogens (primary N) is 1. The number of anilines is 2. The standard InChI is InChI=1S/C20H22ClN7/c1-12-5-4-6-14(21)17(12)13-9-16(27(3)8-7-23-2)25-20-18(13)26-19(22)15-10-24-11-28(15)20/h4-6,9-11,23H,7-8H2,1-3H3,(H2,22,26). The highest BCUT2D eigenvalue weighted by molar-refractivity contribution is 6.34. The highest BCUT2D eigenvalue weighted by Gasteiger charge is 2.19. The van der Waals surface area contributed by atoms with Gasteiger partial charge in [-0.05, 0) is 31.7 Å². The first kappa shape index (κ1) is 18.5. The van der Waals surface area contributed by atoms with E-state index in [0.717, 1.165) is 41.1 Å². The van der Waals surface area contributed by atoms with Crippen molar-refractivity contribution in [3.05, 3.63) is 47.4 Å².